The Morgan fingerprint density at radius 2 is 1.69 bits per heavy atom. The Morgan fingerprint density at radius 1 is 1.12 bits per heavy atom. The number of nitrogens with zero attached hydrogens (tertiary/aromatic N) is 2. The fourth-order valence-electron chi connectivity index (χ4n) is 3.20. The molecule has 2 saturated heterocycles. The number of ether oxygens (including phenoxy) is 2. The minimum Gasteiger partial charge on any atom is -0.444 e. The zero-order valence-corrected chi connectivity index (χ0v) is 17.8. The van der Waals surface area contributed by atoms with Crippen molar-refractivity contribution in [3.63, 3.8) is 0 Å². The van der Waals surface area contributed by atoms with Crippen molar-refractivity contribution < 1.29 is 19.1 Å². The van der Waals surface area contributed by atoms with Crippen LogP contribution in [0.4, 0.5) is 4.79 Å². The highest BCUT2D eigenvalue weighted by Gasteiger charge is 2.56. The Hall–Kier alpha value is -0.990. The fourth-order valence-corrected chi connectivity index (χ4v) is 4.68. The first-order valence-corrected chi connectivity index (χ1v) is 10.1. The summed E-state index contributed by atoms with van der Waals surface area (Å²) in [5.74, 6) is 0.727. The van der Waals surface area contributed by atoms with E-state index in [-0.39, 0.29) is 28.6 Å². The molecule has 1 spiro atoms. The first-order valence-electron chi connectivity index (χ1n) is 9.11. The third kappa shape index (κ3) is 4.84. The molecule has 26 heavy (non-hydrogen) atoms. The van der Waals surface area contributed by atoms with Gasteiger partial charge in [0.1, 0.15) is 16.5 Å². The van der Waals surface area contributed by atoms with Crippen LogP contribution in [0.2, 0.25) is 0 Å². The van der Waals surface area contributed by atoms with Crippen LogP contribution in [0.5, 0.6) is 0 Å². The van der Waals surface area contributed by atoms with Crippen LogP contribution in [0.1, 0.15) is 48.5 Å². The van der Waals surface area contributed by atoms with Crippen molar-refractivity contribution in [2.45, 2.75) is 76.7 Å². The summed E-state index contributed by atoms with van der Waals surface area (Å²) in [5, 5.41) is 0. The summed E-state index contributed by atoms with van der Waals surface area (Å²) in [5.41, 5.74) is 5.30. The number of carbonyl (C=O) groups is 2. The number of carbonyl (C=O) groups excluding carboxylic acids is 2. The SMILES string of the molecule is C[C@@H](OC(C)(C)C)[C@H](N)C(=O)N1CCSC12CN(C(=O)OC(C)(C)C)C2. The van der Waals surface area contributed by atoms with Gasteiger partial charge in [0.15, 0.2) is 0 Å². The van der Waals surface area contributed by atoms with Crippen molar-refractivity contribution in [2.75, 3.05) is 25.4 Å². The zero-order valence-electron chi connectivity index (χ0n) is 17.0. The van der Waals surface area contributed by atoms with Crippen LogP contribution >= 0.6 is 11.8 Å². The van der Waals surface area contributed by atoms with E-state index < -0.39 is 11.6 Å². The third-order valence-corrected chi connectivity index (χ3v) is 5.70. The maximum atomic E-state index is 13.0. The van der Waals surface area contributed by atoms with Crippen LogP contribution in [-0.2, 0) is 14.3 Å². The number of hydrogen-bond donors (Lipinski definition) is 1. The Morgan fingerprint density at radius 3 is 2.19 bits per heavy atom. The van der Waals surface area contributed by atoms with Gasteiger partial charge in [-0.25, -0.2) is 4.79 Å². The number of hydrogen-bond acceptors (Lipinski definition) is 6. The van der Waals surface area contributed by atoms with Gasteiger partial charge in [-0.2, -0.15) is 0 Å². The molecule has 2 aliphatic heterocycles. The molecular formula is C18H33N3O4S. The van der Waals surface area contributed by atoms with E-state index in [1.165, 1.54) is 0 Å². The lowest BCUT2D eigenvalue weighted by molar-refractivity contribution is -0.145. The molecule has 150 valence electrons. The summed E-state index contributed by atoms with van der Waals surface area (Å²) in [7, 11) is 0. The van der Waals surface area contributed by atoms with Gasteiger partial charge in [0.2, 0.25) is 5.91 Å². The highest BCUT2D eigenvalue weighted by molar-refractivity contribution is 8.01. The van der Waals surface area contributed by atoms with E-state index >= 15 is 0 Å². The molecule has 0 aromatic carbocycles. The standard InChI is InChI=1S/C18H33N3O4S/c1-12(24-16(2,3)4)13(19)14(22)21-8-9-26-18(21)10-20(11-18)15(23)25-17(5,6)7/h12-13H,8-11,19H2,1-7H3/t12-,13+/m1/s1. The zero-order chi connectivity index (χ0) is 19.9. The summed E-state index contributed by atoms with van der Waals surface area (Å²) in [6.07, 6.45) is -0.719. The topological polar surface area (TPSA) is 85.1 Å². The van der Waals surface area contributed by atoms with Gasteiger partial charge in [0.25, 0.3) is 0 Å². The molecule has 0 saturated carbocycles. The van der Waals surface area contributed by atoms with Crippen LogP contribution in [0.3, 0.4) is 0 Å². The van der Waals surface area contributed by atoms with Crippen molar-refractivity contribution >= 4 is 23.8 Å². The monoisotopic (exact) mass is 387 g/mol. The van der Waals surface area contributed by atoms with Crippen molar-refractivity contribution in [3.8, 4) is 0 Å². The molecular weight excluding hydrogens is 354 g/mol. The number of amides is 2. The van der Waals surface area contributed by atoms with Crippen molar-refractivity contribution in [1.29, 1.82) is 0 Å². The van der Waals surface area contributed by atoms with E-state index in [0.717, 1.165) is 5.75 Å². The molecule has 2 heterocycles. The van der Waals surface area contributed by atoms with Gasteiger partial charge in [-0.1, -0.05) is 0 Å². The highest BCUT2D eigenvalue weighted by atomic mass is 32.2. The highest BCUT2D eigenvalue weighted by Crippen LogP contribution is 2.44. The summed E-state index contributed by atoms with van der Waals surface area (Å²) in [6, 6.07) is -0.722. The van der Waals surface area contributed by atoms with E-state index in [2.05, 4.69) is 0 Å². The third-order valence-electron chi connectivity index (χ3n) is 4.30. The molecule has 2 amide bonds. The average molecular weight is 388 g/mol. The average Bonchev–Trinajstić information content (AvgIpc) is 2.84. The fraction of sp³-hybridized carbons (Fsp3) is 0.889. The second-order valence-electron chi connectivity index (χ2n) is 9.08. The summed E-state index contributed by atoms with van der Waals surface area (Å²) in [6.45, 7) is 14.8. The lowest BCUT2D eigenvalue weighted by atomic mass is 10.0. The largest absolute Gasteiger partial charge is 0.444 e. The van der Waals surface area contributed by atoms with Gasteiger partial charge < -0.3 is 25.0 Å². The van der Waals surface area contributed by atoms with Gasteiger partial charge in [0.05, 0.1) is 24.8 Å². The van der Waals surface area contributed by atoms with Gasteiger partial charge in [-0.05, 0) is 48.5 Å². The van der Waals surface area contributed by atoms with E-state index in [9.17, 15) is 9.59 Å². The molecule has 0 radical (unpaired) electrons. The molecule has 0 unspecified atom stereocenters. The molecule has 2 N–H and O–H groups in total. The van der Waals surface area contributed by atoms with Crippen LogP contribution in [0.15, 0.2) is 0 Å². The molecule has 7 nitrogen and oxygen atoms in total. The van der Waals surface area contributed by atoms with Crippen LogP contribution in [-0.4, -0.2) is 75.4 Å². The molecule has 0 aromatic rings. The molecule has 0 aromatic heterocycles. The number of thioether (sulfide) groups is 1. The quantitative estimate of drug-likeness (QED) is 0.798. The lowest BCUT2D eigenvalue weighted by Gasteiger charge is -2.51. The van der Waals surface area contributed by atoms with Crippen LogP contribution in [0, 0.1) is 0 Å². The van der Waals surface area contributed by atoms with Gasteiger partial charge in [-0.3, -0.25) is 4.79 Å². The normalized spacial score (nSPS) is 22.2. The summed E-state index contributed by atoms with van der Waals surface area (Å²) >= 11 is 1.71. The maximum Gasteiger partial charge on any atom is 0.410 e. The second kappa shape index (κ2) is 7.20. The number of rotatable bonds is 3. The first kappa shape index (κ1) is 21.3. The van der Waals surface area contributed by atoms with E-state index in [1.54, 1.807) is 16.7 Å². The summed E-state index contributed by atoms with van der Waals surface area (Å²) < 4.78 is 11.3. The van der Waals surface area contributed by atoms with Crippen LogP contribution in [0.25, 0.3) is 0 Å². The predicted octanol–water partition coefficient (Wildman–Crippen LogP) is 2.04. The first-order chi connectivity index (χ1) is 11.7. The minimum absolute atomic E-state index is 0.115. The predicted molar refractivity (Wildman–Crippen MR) is 103 cm³/mol. The van der Waals surface area contributed by atoms with Gasteiger partial charge in [0, 0.05) is 12.3 Å². The Labute approximate surface area is 160 Å². The summed E-state index contributed by atoms with van der Waals surface area (Å²) in [4.78, 5) is 28.2. The number of nitrogens with two attached hydrogens (primary N) is 1. The molecule has 0 bridgehead atoms. The Balaban J connectivity index is 1.98. The molecule has 2 atom stereocenters. The maximum absolute atomic E-state index is 13.0. The smallest absolute Gasteiger partial charge is 0.410 e. The van der Waals surface area contributed by atoms with Crippen molar-refractivity contribution in [3.05, 3.63) is 0 Å². The van der Waals surface area contributed by atoms with E-state index in [4.69, 9.17) is 15.2 Å². The Bertz CT molecular complexity index is 550. The number of likely N-dealkylation sites (tertiary alicyclic amines) is 1. The van der Waals surface area contributed by atoms with Gasteiger partial charge in [-0.15, -0.1) is 11.8 Å². The second-order valence-corrected chi connectivity index (χ2v) is 10.5. The Kier molecular flexibility index (Phi) is 5.90. The molecule has 8 heteroatoms. The van der Waals surface area contributed by atoms with Crippen molar-refractivity contribution in [2.24, 2.45) is 5.73 Å². The molecule has 2 rings (SSSR count). The lowest BCUT2D eigenvalue weighted by Crippen LogP contribution is -2.70. The van der Waals surface area contributed by atoms with E-state index in [0.29, 0.717) is 19.6 Å². The van der Waals surface area contributed by atoms with E-state index in [1.807, 2.05) is 53.4 Å². The van der Waals surface area contributed by atoms with Crippen molar-refractivity contribution in [1.82, 2.24) is 9.80 Å². The van der Waals surface area contributed by atoms with Gasteiger partial charge >= 0.3 is 6.09 Å². The van der Waals surface area contributed by atoms with Crippen LogP contribution < -0.4 is 5.73 Å². The molecule has 2 aliphatic rings. The molecule has 2 fully saturated rings. The molecule has 0 aliphatic carbocycles. The minimum atomic E-state index is -0.722.